The van der Waals surface area contributed by atoms with Crippen LogP contribution in [-0.2, 0) is 0 Å². The van der Waals surface area contributed by atoms with Gasteiger partial charge in [0.05, 0.1) is 6.10 Å². The van der Waals surface area contributed by atoms with Crippen molar-refractivity contribution < 1.29 is 9.53 Å². The average Bonchev–Trinajstić information content (AvgIpc) is 3.09. The van der Waals surface area contributed by atoms with Crippen LogP contribution in [0.25, 0.3) is 0 Å². The third-order valence-corrected chi connectivity index (χ3v) is 3.83. The van der Waals surface area contributed by atoms with Crippen LogP contribution >= 0.6 is 11.3 Å². The first-order valence-electron chi connectivity index (χ1n) is 6.66. The van der Waals surface area contributed by atoms with Crippen LogP contribution in [0.1, 0.15) is 43.3 Å². The maximum atomic E-state index is 12.0. The van der Waals surface area contributed by atoms with Gasteiger partial charge < -0.3 is 21.1 Å². The molecule has 0 unspecified atom stereocenters. The molecule has 1 amide bonds. The topological polar surface area (TPSA) is 76.4 Å². The molecule has 1 saturated carbocycles. The third kappa shape index (κ3) is 3.32. The number of thiophene rings is 1. The summed E-state index contributed by atoms with van der Waals surface area (Å²) in [7, 11) is 0. The Morgan fingerprint density at radius 2 is 2.21 bits per heavy atom. The van der Waals surface area contributed by atoms with Crippen LogP contribution in [0.15, 0.2) is 0 Å². The van der Waals surface area contributed by atoms with Crippen LogP contribution in [0.4, 0.5) is 10.7 Å². The van der Waals surface area contributed by atoms with Crippen molar-refractivity contribution in [3.63, 3.8) is 0 Å². The molecule has 1 fully saturated rings. The molecule has 0 atom stereocenters. The van der Waals surface area contributed by atoms with Crippen LogP contribution in [0.3, 0.4) is 0 Å². The minimum absolute atomic E-state index is 0.0266. The third-order valence-electron chi connectivity index (χ3n) is 2.71. The van der Waals surface area contributed by atoms with Gasteiger partial charge in [-0.3, -0.25) is 4.79 Å². The smallest absolute Gasteiger partial charge is 0.263 e. The molecule has 5 nitrogen and oxygen atoms in total. The zero-order valence-corrected chi connectivity index (χ0v) is 12.4. The molecule has 0 bridgehead atoms. The second kappa shape index (κ2) is 5.69. The Balaban J connectivity index is 2.28. The van der Waals surface area contributed by atoms with Crippen molar-refractivity contribution in [2.45, 2.75) is 45.8 Å². The highest BCUT2D eigenvalue weighted by Crippen LogP contribution is 2.45. The number of hydrogen-bond acceptors (Lipinski definition) is 5. The number of nitrogen functional groups attached to an aromatic ring is 1. The quantitative estimate of drug-likeness (QED) is 0.749. The fraction of sp³-hybridized carbons (Fsp3) is 0.615. The Labute approximate surface area is 117 Å². The molecule has 0 saturated heterocycles. The lowest BCUT2D eigenvalue weighted by atomic mass is 10.3. The van der Waals surface area contributed by atoms with E-state index in [1.54, 1.807) is 0 Å². The highest BCUT2D eigenvalue weighted by Gasteiger charge is 2.28. The Kier molecular flexibility index (Phi) is 4.19. The van der Waals surface area contributed by atoms with Crippen molar-refractivity contribution in [3.8, 4) is 5.75 Å². The summed E-state index contributed by atoms with van der Waals surface area (Å²) in [4.78, 5) is 12.5. The molecule has 0 spiro atoms. The van der Waals surface area contributed by atoms with Crippen LogP contribution in [-0.4, -0.2) is 24.6 Å². The van der Waals surface area contributed by atoms with Gasteiger partial charge in [-0.15, -0.1) is 11.3 Å². The maximum Gasteiger partial charge on any atom is 0.263 e. The number of hydrogen-bond donors (Lipinski definition) is 3. The summed E-state index contributed by atoms with van der Waals surface area (Å²) in [5, 5.41) is 7.03. The molecule has 106 valence electrons. The van der Waals surface area contributed by atoms with Gasteiger partial charge in [-0.25, -0.2) is 0 Å². The predicted octanol–water partition coefficient (Wildman–Crippen LogP) is 2.44. The Morgan fingerprint density at radius 3 is 2.74 bits per heavy atom. The van der Waals surface area contributed by atoms with Crippen molar-refractivity contribution in [3.05, 3.63) is 4.88 Å². The molecule has 19 heavy (non-hydrogen) atoms. The molecule has 2 rings (SSSR count). The lowest BCUT2D eigenvalue weighted by Crippen LogP contribution is -2.22. The normalized spacial score (nSPS) is 14.5. The van der Waals surface area contributed by atoms with Crippen LogP contribution in [0.2, 0.25) is 0 Å². The standard InChI is InChI=1S/C13H21N3O2S/c1-4-15-12(17)11-9(14)10(18-7(2)3)13(19-11)16-8-5-6-8/h7-8,16H,4-6,14H2,1-3H3,(H,15,17). The largest absolute Gasteiger partial charge is 0.486 e. The summed E-state index contributed by atoms with van der Waals surface area (Å²) in [6.45, 7) is 6.37. The molecule has 0 radical (unpaired) electrons. The van der Waals surface area contributed by atoms with E-state index in [0.29, 0.717) is 28.9 Å². The lowest BCUT2D eigenvalue weighted by molar-refractivity contribution is 0.0960. The minimum atomic E-state index is -0.137. The predicted molar refractivity (Wildman–Crippen MR) is 79.1 cm³/mol. The van der Waals surface area contributed by atoms with Crippen molar-refractivity contribution in [2.24, 2.45) is 0 Å². The summed E-state index contributed by atoms with van der Waals surface area (Å²) in [6.07, 6.45) is 2.35. The fourth-order valence-corrected chi connectivity index (χ4v) is 2.75. The molecule has 4 N–H and O–H groups in total. The number of carbonyl (C=O) groups is 1. The van der Waals surface area contributed by atoms with Gasteiger partial charge in [-0.1, -0.05) is 0 Å². The van der Waals surface area contributed by atoms with Crippen molar-refractivity contribution in [1.29, 1.82) is 0 Å². The molecule has 1 aliphatic rings. The summed E-state index contributed by atoms with van der Waals surface area (Å²) >= 11 is 1.37. The van der Waals surface area contributed by atoms with Gasteiger partial charge in [-0.05, 0) is 33.6 Å². The van der Waals surface area contributed by atoms with Gasteiger partial charge in [0.2, 0.25) is 0 Å². The van der Waals surface area contributed by atoms with Crippen molar-refractivity contribution in [2.75, 3.05) is 17.6 Å². The first kappa shape index (κ1) is 14.0. The van der Waals surface area contributed by atoms with Crippen molar-refractivity contribution in [1.82, 2.24) is 5.32 Å². The Bertz CT molecular complexity index is 467. The molecule has 6 heteroatoms. The van der Waals surface area contributed by atoms with Gasteiger partial charge in [-0.2, -0.15) is 0 Å². The number of amides is 1. The SMILES string of the molecule is CCNC(=O)c1sc(NC2CC2)c(OC(C)C)c1N. The number of rotatable bonds is 6. The summed E-state index contributed by atoms with van der Waals surface area (Å²) in [5.41, 5.74) is 6.50. The summed E-state index contributed by atoms with van der Waals surface area (Å²) in [5.74, 6) is 0.482. The van der Waals surface area contributed by atoms with Gasteiger partial charge in [0, 0.05) is 12.6 Å². The van der Waals surface area contributed by atoms with E-state index in [0.717, 1.165) is 17.8 Å². The van der Waals surface area contributed by atoms with Crippen LogP contribution in [0.5, 0.6) is 5.75 Å². The second-order valence-corrected chi connectivity index (χ2v) is 5.97. The molecule has 1 heterocycles. The van der Waals surface area contributed by atoms with Gasteiger partial charge >= 0.3 is 0 Å². The Hall–Kier alpha value is -1.43. The van der Waals surface area contributed by atoms with E-state index in [4.69, 9.17) is 10.5 Å². The zero-order chi connectivity index (χ0) is 14.0. The van der Waals surface area contributed by atoms with Crippen LogP contribution in [0, 0.1) is 0 Å². The van der Waals surface area contributed by atoms with E-state index >= 15 is 0 Å². The first-order valence-corrected chi connectivity index (χ1v) is 7.48. The number of nitrogens with two attached hydrogens (primary N) is 1. The average molecular weight is 283 g/mol. The molecule has 1 aliphatic carbocycles. The Morgan fingerprint density at radius 1 is 1.53 bits per heavy atom. The monoisotopic (exact) mass is 283 g/mol. The molecule has 1 aromatic rings. The molecular formula is C13H21N3O2S. The van der Waals surface area contributed by atoms with E-state index in [1.807, 2.05) is 20.8 Å². The van der Waals surface area contributed by atoms with E-state index in [2.05, 4.69) is 10.6 Å². The van der Waals surface area contributed by atoms with E-state index in [1.165, 1.54) is 11.3 Å². The first-order chi connectivity index (χ1) is 9.02. The van der Waals surface area contributed by atoms with Crippen molar-refractivity contribution >= 4 is 27.9 Å². The molecule has 0 aliphatic heterocycles. The maximum absolute atomic E-state index is 12.0. The fourth-order valence-electron chi connectivity index (χ4n) is 1.70. The molecular weight excluding hydrogens is 262 g/mol. The summed E-state index contributed by atoms with van der Waals surface area (Å²) in [6, 6.07) is 0.495. The highest BCUT2D eigenvalue weighted by atomic mass is 32.1. The zero-order valence-electron chi connectivity index (χ0n) is 11.6. The van der Waals surface area contributed by atoms with Gasteiger partial charge in [0.1, 0.15) is 15.6 Å². The number of ether oxygens (including phenoxy) is 1. The molecule has 1 aromatic heterocycles. The minimum Gasteiger partial charge on any atom is -0.486 e. The van der Waals surface area contributed by atoms with E-state index < -0.39 is 0 Å². The van der Waals surface area contributed by atoms with Gasteiger partial charge in [0.15, 0.2) is 5.75 Å². The second-order valence-electron chi connectivity index (χ2n) is 4.95. The van der Waals surface area contributed by atoms with Gasteiger partial charge in [0.25, 0.3) is 5.91 Å². The van der Waals surface area contributed by atoms with E-state index in [9.17, 15) is 4.79 Å². The van der Waals surface area contributed by atoms with Crippen LogP contribution < -0.4 is 21.1 Å². The number of anilines is 2. The number of nitrogens with one attached hydrogen (secondary N) is 2. The molecule has 0 aromatic carbocycles. The highest BCUT2D eigenvalue weighted by molar-refractivity contribution is 7.19. The number of carbonyl (C=O) groups excluding carboxylic acids is 1. The van der Waals surface area contributed by atoms with E-state index in [-0.39, 0.29) is 12.0 Å². The summed E-state index contributed by atoms with van der Waals surface area (Å²) < 4.78 is 5.76. The lowest BCUT2D eigenvalue weighted by Gasteiger charge is -2.12.